The largest absolute Gasteiger partial charge is 0.341 e. The summed E-state index contributed by atoms with van der Waals surface area (Å²) in [6.07, 6.45) is 7.24. The highest BCUT2D eigenvalue weighted by atomic mass is 16.2. The predicted molar refractivity (Wildman–Crippen MR) is 69.8 cm³/mol. The molecule has 0 bridgehead atoms. The SMILES string of the molecule is CC(C)CCCCN1CCC(NC2CC2)C1=O. The van der Waals surface area contributed by atoms with Gasteiger partial charge in [-0.2, -0.15) is 0 Å². The van der Waals surface area contributed by atoms with Gasteiger partial charge in [0.15, 0.2) is 0 Å². The second-order valence-corrected chi connectivity index (χ2v) is 6.00. The van der Waals surface area contributed by atoms with Crippen molar-refractivity contribution in [3.63, 3.8) is 0 Å². The maximum absolute atomic E-state index is 12.1. The first kappa shape index (κ1) is 12.9. The van der Waals surface area contributed by atoms with Gasteiger partial charge in [-0.15, -0.1) is 0 Å². The van der Waals surface area contributed by atoms with Gasteiger partial charge in [-0.3, -0.25) is 4.79 Å². The zero-order chi connectivity index (χ0) is 12.3. The van der Waals surface area contributed by atoms with Crippen LogP contribution in [0.25, 0.3) is 0 Å². The molecule has 2 fully saturated rings. The average Bonchev–Trinajstić information content (AvgIpc) is 3.02. The molecular weight excluding hydrogens is 212 g/mol. The summed E-state index contributed by atoms with van der Waals surface area (Å²) < 4.78 is 0. The molecule has 1 aliphatic heterocycles. The van der Waals surface area contributed by atoms with Gasteiger partial charge in [0.1, 0.15) is 0 Å². The zero-order valence-corrected chi connectivity index (χ0v) is 11.2. The number of nitrogens with one attached hydrogen (secondary N) is 1. The first-order valence-corrected chi connectivity index (χ1v) is 7.21. The van der Waals surface area contributed by atoms with E-state index in [1.165, 1.54) is 32.1 Å². The van der Waals surface area contributed by atoms with Crippen LogP contribution < -0.4 is 5.32 Å². The third-order valence-corrected chi connectivity index (χ3v) is 3.77. The minimum atomic E-state index is 0.132. The number of hydrogen-bond acceptors (Lipinski definition) is 2. The van der Waals surface area contributed by atoms with Gasteiger partial charge >= 0.3 is 0 Å². The van der Waals surface area contributed by atoms with Crippen LogP contribution in [-0.4, -0.2) is 36.0 Å². The van der Waals surface area contributed by atoms with Crippen LogP contribution in [-0.2, 0) is 4.79 Å². The van der Waals surface area contributed by atoms with Gasteiger partial charge in [0.05, 0.1) is 6.04 Å². The second kappa shape index (κ2) is 5.85. The van der Waals surface area contributed by atoms with Gasteiger partial charge < -0.3 is 10.2 Å². The number of carbonyl (C=O) groups is 1. The molecule has 1 aliphatic carbocycles. The van der Waals surface area contributed by atoms with Crippen LogP contribution in [0.2, 0.25) is 0 Å². The van der Waals surface area contributed by atoms with E-state index in [-0.39, 0.29) is 6.04 Å². The van der Waals surface area contributed by atoms with Crippen molar-refractivity contribution in [2.24, 2.45) is 5.92 Å². The molecule has 0 aromatic heterocycles. The minimum Gasteiger partial charge on any atom is -0.341 e. The van der Waals surface area contributed by atoms with Gasteiger partial charge in [0.2, 0.25) is 5.91 Å². The Kier molecular flexibility index (Phi) is 4.43. The Morgan fingerprint density at radius 1 is 1.29 bits per heavy atom. The van der Waals surface area contributed by atoms with Crippen LogP contribution in [0.1, 0.15) is 52.4 Å². The lowest BCUT2D eigenvalue weighted by atomic mass is 10.1. The van der Waals surface area contributed by atoms with Crippen LogP contribution in [0.4, 0.5) is 0 Å². The van der Waals surface area contributed by atoms with Gasteiger partial charge in [0, 0.05) is 19.1 Å². The number of hydrogen-bond donors (Lipinski definition) is 1. The number of amides is 1. The van der Waals surface area contributed by atoms with Crippen molar-refractivity contribution in [1.29, 1.82) is 0 Å². The van der Waals surface area contributed by atoms with Crippen LogP contribution in [0.3, 0.4) is 0 Å². The number of carbonyl (C=O) groups excluding carboxylic acids is 1. The van der Waals surface area contributed by atoms with E-state index >= 15 is 0 Å². The van der Waals surface area contributed by atoms with Crippen molar-refractivity contribution in [2.45, 2.75) is 64.5 Å². The molecule has 3 heteroatoms. The lowest BCUT2D eigenvalue weighted by molar-refractivity contribution is -0.129. The number of likely N-dealkylation sites (tertiary alicyclic amines) is 1. The molecule has 1 saturated heterocycles. The van der Waals surface area contributed by atoms with Gasteiger partial charge in [-0.25, -0.2) is 0 Å². The first-order chi connectivity index (χ1) is 8.16. The van der Waals surface area contributed by atoms with Crippen molar-refractivity contribution < 1.29 is 4.79 Å². The summed E-state index contributed by atoms with van der Waals surface area (Å²) in [6.45, 7) is 6.45. The van der Waals surface area contributed by atoms with Crippen molar-refractivity contribution in [3.05, 3.63) is 0 Å². The van der Waals surface area contributed by atoms with Crippen molar-refractivity contribution >= 4 is 5.91 Å². The summed E-state index contributed by atoms with van der Waals surface area (Å²) in [7, 11) is 0. The Morgan fingerprint density at radius 3 is 2.71 bits per heavy atom. The number of unbranched alkanes of at least 4 members (excludes halogenated alkanes) is 1. The van der Waals surface area contributed by atoms with E-state index in [0.717, 1.165) is 25.4 Å². The second-order valence-electron chi connectivity index (χ2n) is 6.00. The molecule has 1 unspecified atom stereocenters. The van der Waals surface area contributed by atoms with Crippen molar-refractivity contribution in [3.8, 4) is 0 Å². The van der Waals surface area contributed by atoms with E-state index < -0.39 is 0 Å². The monoisotopic (exact) mass is 238 g/mol. The fraction of sp³-hybridized carbons (Fsp3) is 0.929. The smallest absolute Gasteiger partial charge is 0.239 e. The summed E-state index contributed by atoms with van der Waals surface area (Å²) >= 11 is 0. The Morgan fingerprint density at radius 2 is 2.06 bits per heavy atom. The molecule has 17 heavy (non-hydrogen) atoms. The Labute approximate surface area is 105 Å². The molecule has 98 valence electrons. The van der Waals surface area contributed by atoms with Gasteiger partial charge in [0.25, 0.3) is 0 Å². The fourth-order valence-corrected chi connectivity index (χ4v) is 2.51. The third kappa shape index (κ3) is 3.98. The molecule has 1 atom stereocenters. The van der Waals surface area contributed by atoms with Gasteiger partial charge in [-0.1, -0.05) is 26.7 Å². The quantitative estimate of drug-likeness (QED) is 0.689. The van der Waals surface area contributed by atoms with Crippen LogP contribution in [0, 0.1) is 5.92 Å². The normalized spacial score (nSPS) is 25.0. The maximum Gasteiger partial charge on any atom is 0.239 e. The highest BCUT2D eigenvalue weighted by Gasteiger charge is 2.34. The molecule has 0 aromatic rings. The molecule has 0 spiro atoms. The molecule has 3 nitrogen and oxygen atoms in total. The average molecular weight is 238 g/mol. The summed E-state index contributed by atoms with van der Waals surface area (Å²) in [4.78, 5) is 14.1. The molecule has 1 heterocycles. The maximum atomic E-state index is 12.1. The van der Waals surface area contributed by atoms with E-state index in [1.807, 2.05) is 0 Å². The summed E-state index contributed by atoms with van der Waals surface area (Å²) in [5.74, 6) is 1.13. The van der Waals surface area contributed by atoms with E-state index in [4.69, 9.17) is 0 Å². The Bertz CT molecular complexity index is 261. The predicted octanol–water partition coefficient (Wildman–Crippen LogP) is 2.17. The molecular formula is C14H26N2O. The number of nitrogens with zero attached hydrogens (tertiary/aromatic N) is 1. The van der Waals surface area contributed by atoms with Crippen LogP contribution >= 0.6 is 0 Å². The third-order valence-electron chi connectivity index (χ3n) is 3.77. The van der Waals surface area contributed by atoms with E-state index in [0.29, 0.717) is 11.9 Å². The lowest BCUT2D eigenvalue weighted by Crippen LogP contribution is -2.39. The minimum absolute atomic E-state index is 0.132. The highest BCUT2D eigenvalue weighted by Crippen LogP contribution is 2.22. The van der Waals surface area contributed by atoms with Crippen molar-refractivity contribution in [2.75, 3.05) is 13.1 Å². The van der Waals surface area contributed by atoms with Crippen LogP contribution in [0.5, 0.6) is 0 Å². The molecule has 2 aliphatic rings. The van der Waals surface area contributed by atoms with Crippen molar-refractivity contribution in [1.82, 2.24) is 10.2 Å². The lowest BCUT2D eigenvalue weighted by Gasteiger charge is -2.17. The van der Waals surface area contributed by atoms with Crippen LogP contribution in [0.15, 0.2) is 0 Å². The molecule has 2 rings (SSSR count). The Hall–Kier alpha value is -0.570. The van der Waals surface area contributed by atoms with Gasteiger partial charge in [-0.05, 0) is 31.6 Å². The first-order valence-electron chi connectivity index (χ1n) is 7.21. The zero-order valence-electron chi connectivity index (χ0n) is 11.2. The standard InChI is InChI=1S/C14H26N2O/c1-11(2)5-3-4-9-16-10-8-13(14(16)17)15-12-6-7-12/h11-13,15H,3-10H2,1-2H3. The molecule has 1 amide bonds. The molecule has 0 radical (unpaired) electrons. The summed E-state index contributed by atoms with van der Waals surface area (Å²) in [5, 5.41) is 3.45. The molecule has 1 N–H and O–H groups in total. The van der Waals surface area contributed by atoms with E-state index in [1.54, 1.807) is 0 Å². The van der Waals surface area contributed by atoms with E-state index in [9.17, 15) is 4.79 Å². The highest BCUT2D eigenvalue weighted by molar-refractivity contribution is 5.84. The number of rotatable bonds is 7. The topological polar surface area (TPSA) is 32.3 Å². The molecule has 0 aromatic carbocycles. The summed E-state index contributed by atoms with van der Waals surface area (Å²) in [6, 6.07) is 0.775. The summed E-state index contributed by atoms with van der Waals surface area (Å²) in [5.41, 5.74) is 0. The van der Waals surface area contributed by atoms with E-state index in [2.05, 4.69) is 24.1 Å². The Balaban J connectivity index is 1.62. The molecule has 1 saturated carbocycles. The fourth-order valence-electron chi connectivity index (χ4n) is 2.51.